The van der Waals surface area contributed by atoms with Crippen molar-refractivity contribution < 1.29 is 8.42 Å². The molecule has 0 amide bonds. The second kappa shape index (κ2) is 3.53. The number of likely N-dealkylation sites (N-methyl/N-ethyl adjacent to an activating group) is 1. The average Bonchev–Trinajstić information content (AvgIpc) is 1.97. The molecular formula is C7H17N3O2S. The van der Waals surface area contributed by atoms with Crippen LogP contribution in [0.5, 0.6) is 0 Å². The van der Waals surface area contributed by atoms with Crippen molar-refractivity contribution in [2.24, 2.45) is 5.14 Å². The van der Waals surface area contributed by atoms with Crippen molar-refractivity contribution >= 4 is 10.2 Å². The van der Waals surface area contributed by atoms with Crippen LogP contribution in [0.25, 0.3) is 0 Å². The molecule has 0 aromatic heterocycles. The predicted molar refractivity (Wildman–Crippen MR) is 51.4 cm³/mol. The minimum Gasteiger partial charge on any atom is -0.298 e. The molecule has 13 heavy (non-hydrogen) atoms. The van der Waals surface area contributed by atoms with Gasteiger partial charge in [-0.05, 0) is 20.9 Å². The molecule has 2 atom stereocenters. The van der Waals surface area contributed by atoms with Gasteiger partial charge in [0.15, 0.2) is 0 Å². The van der Waals surface area contributed by atoms with E-state index >= 15 is 0 Å². The Morgan fingerprint density at radius 3 is 1.92 bits per heavy atom. The smallest absolute Gasteiger partial charge is 0.277 e. The summed E-state index contributed by atoms with van der Waals surface area (Å²) >= 11 is 0. The summed E-state index contributed by atoms with van der Waals surface area (Å²) in [5.41, 5.74) is 0. The fraction of sp³-hybridized carbons (Fsp3) is 1.00. The van der Waals surface area contributed by atoms with Crippen LogP contribution in [0, 0.1) is 0 Å². The molecule has 1 fully saturated rings. The molecule has 2 N–H and O–H groups in total. The molecule has 78 valence electrons. The van der Waals surface area contributed by atoms with E-state index in [2.05, 4.69) is 4.90 Å². The SMILES string of the molecule is C[C@@H]1CN(S(N)(=O)=O)C[C@H](C)N1C. The first kappa shape index (κ1) is 10.9. The van der Waals surface area contributed by atoms with Crippen LogP contribution in [0.2, 0.25) is 0 Å². The molecule has 0 saturated carbocycles. The van der Waals surface area contributed by atoms with Crippen molar-refractivity contribution in [3.63, 3.8) is 0 Å². The molecule has 6 heteroatoms. The maximum atomic E-state index is 11.1. The number of hydrogen-bond donors (Lipinski definition) is 1. The summed E-state index contributed by atoms with van der Waals surface area (Å²) in [4.78, 5) is 2.15. The highest BCUT2D eigenvalue weighted by atomic mass is 32.2. The molecule has 1 rings (SSSR count). The maximum Gasteiger partial charge on any atom is 0.277 e. The number of rotatable bonds is 1. The molecule has 0 spiro atoms. The third kappa shape index (κ3) is 2.40. The second-order valence-electron chi connectivity index (χ2n) is 3.73. The van der Waals surface area contributed by atoms with E-state index in [0.29, 0.717) is 13.1 Å². The summed E-state index contributed by atoms with van der Waals surface area (Å²) in [6, 6.07) is 0.448. The molecule has 1 saturated heterocycles. The Labute approximate surface area is 79.7 Å². The Morgan fingerprint density at radius 1 is 1.23 bits per heavy atom. The number of piperazine rings is 1. The lowest BCUT2D eigenvalue weighted by atomic mass is 10.1. The molecule has 0 aromatic rings. The number of nitrogens with two attached hydrogens (primary N) is 1. The van der Waals surface area contributed by atoms with E-state index in [9.17, 15) is 8.42 Å². The summed E-state index contributed by atoms with van der Waals surface area (Å²) in [6.07, 6.45) is 0. The third-order valence-corrected chi connectivity index (χ3v) is 3.70. The Balaban J connectivity index is 2.75. The van der Waals surface area contributed by atoms with Crippen molar-refractivity contribution in [3.8, 4) is 0 Å². The average molecular weight is 207 g/mol. The van der Waals surface area contributed by atoms with Gasteiger partial charge >= 0.3 is 0 Å². The molecule has 0 bridgehead atoms. The lowest BCUT2D eigenvalue weighted by molar-refractivity contribution is 0.105. The normalized spacial score (nSPS) is 33.5. The lowest BCUT2D eigenvalue weighted by Gasteiger charge is -2.40. The van der Waals surface area contributed by atoms with Crippen LogP contribution in [-0.2, 0) is 10.2 Å². The first-order chi connectivity index (χ1) is 5.82. The summed E-state index contributed by atoms with van der Waals surface area (Å²) in [5, 5.41) is 5.06. The van der Waals surface area contributed by atoms with Crippen molar-refractivity contribution in [1.29, 1.82) is 0 Å². The molecule has 0 unspecified atom stereocenters. The van der Waals surface area contributed by atoms with Gasteiger partial charge in [0.2, 0.25) is 0 Å². The van der Waals surface area contributed by atoms with E-state index in [1.165, 1.54) is 4.31 Å². The fourth-order valence-electron chi connectivity index (χ4n) is 1.56. The van der Waals surface area contributed by atoms with E-state index < -0.39 is 10.2 Å². The highest BCUT2D eigenvalue weighted by Gasteiger charge is 2.31. The van der Waals surface area contributed by atoms with Gasteiger partial charge in [-0.3, -0.25) is 4.90 Å². The van der Waals surface area contributed by atoms with Crippen LogP contribution in [0.3, 0.4) is 0 Å². The zero-order chi connectivity index (χ0) is 10.2. The summed E-state index contributed by atoms with van der Waals surface area (Å²) < 4.78 is 23.5. The molecular weight excluding hydrogens is 190 g/mol. The van der Waals surface area contributed by atoms with Crippen molar-refractivity contribution in [1.82, 2.24) is 9.21 Å². The molecule has 1 aliphatic rings. The Bertz CT molecular complexity index is 265. The van der Waals surface area contributed by atoms with E-state index in [0.717, 1.165) is 0 Å². The summed E-state index contributed by atoms with van der Waals surface area (Å²) in [7, 11) is -1.51. The van der Waals surface area contributed by atoms with Gasteiger partial charge in [0, 0.05) is 25.2 Å². The fourth-order valence-corrected chi connectivity index (χ4v) is 2.41. The molecule has 1 heterocycles. The van der Waals surface area contributed by atoms with Crippen LogP contribution < -0.4 is 5.14 Å². The van der Waals surface area contributed by atoms with Crippen molar-refractivity contribution in [2.45, 2.75) is 25.9 Å². The zero-order valence-corrected chi connectivity index (χ0v) is 9.08. The van der Waals surface area contributed by atoms with E-state index in [4.69, 9.17) is 5.14 Å². The monoisotopic (exact) mass is 207 g/mol. The van der Waals surface area contributed by atoms with E-state index in [1.54, 1.807) is 0 Å². The molecule has 5 nitrogen and oxygen atoms in total. The standard InChI is InChI=1S/C7H17N3O2S/c1-6-4-10(13(8,11)12)5-7(2)9(6)3/h6-7H,4-5H2,1-3H3,(H2,8,11,12)/t6-,7+. The quantitative estimate of drug-likeness (QED) is 0.613. The minimum absolute atomic E-state index is 0.224. The van der Waals surface area contributed by atoms with Gasteiger partial charge in [0.25, 0.3) is 10.2 Å². The minimum atomic E-state index is -3.51. The first-order valence-corrected chi connectivity index (χ1v) is 5.82. The van der Waals surface area contributed by atoms with E-state index in [-0.39, 0.29) is 12.1 Å². The lowest BCUT2D eigenvalue weighted by Crippen LogP contribution is -2.57. The van der Waals surface area contributed by atoms with Crippen LogP contribution in [0.15, 0.2) is 0 Å². The highest BCUT2D eigenvalue weighted by Crippen LogP contribution is 2.14. The maximum absolute atomic E-state index is 11.1. The van der Waals surface area contributed by atoms with Crippen LogP contribution in [-0.4, -0.2) is 49.8 Å². The molecule has 0 aliphatic carbocycles. The van der Waals surface area contributed by atoms with Crippen LogP contribution >= 0.6 is 0 Å². The van der Waals surface area contributed by atoms with Crippen molar-refractivity contribution in [2.75, 3.05) is 20.1 Å². The summed E-state index contributed by atoms with van der Waals surface area (Å²) in [5.74, 6) is 0. The van der Waals surface area contributed by atoms with Gasteiger partial charge in [0.05, 0.1) is 0 Å². The Kier molecular flexibility index (Phi) is 2.96. The zero-order valence-electron chi connectivity index (χ0n) is 8.27. The predicted octanol–water partition coefficient (Wildman–Crippen LogP) is -0.786. The Hall–Kier alpha value is -0.170. The van der Waals surface area contributed by atoms with Gasteiger partial charge in [-0.2, -0.15) is 12.7 Å². The van der Waals surface area contributed by atoms with Gasteiger partial charge in [0.1, 0.15) is 0 Å². The number of nitrogens with zero attached hydrogens (tertiary/aromatic N) is 2. The Morgan fingerprint density at radius 2 is 1.62 bits per heavy atom. The van der Waals surface area contributed by atoms with Crippen molar-refractivity contribution in [3.05, 3.63) is 0 Å². The van der Waals surface area contributed by atoms with Gasteiger partial charge in [-0.1, -0.05) is 0 Å². The highest BCUT2D eigenvalue weighted by molar-refractivity contribution is 7.86. The number of hydrogen-bond acceptors (Lipinski definition) is 3. The van der Waals surface area contributed by atoms with Gasteiger partial charge in [-0.15, -0.1) is 0 Å². The van der Waals surface area contributed by atoms with Gasteiger partial charge in [-0.25, -0.2) is 5.14 Å². The molecule has 0 aromatic carbocycles. The van der Waals surface area contributed by atoms with Gasteiger partial charge < -0.3 is 0 Å². The van der Waals surface area contributed by atoms with Crippen LogP contribution in [0.4, 0.5) is 0 Å². The molecule has 1 aliphatic heterocycles. The topological polar surface area (TPSA) is 66.6 Å². The summed E-state index contributed by atoms with van der Waals surface area (Å²) in [6.45, 7) is 4.96. The largest absolute Gasteiger partial charge is 0.298 e. The third-order valence-electron chi connectivity index (χ3n) is 2.69. The molecule has 0 radical (unpaired) electrons. The van der Waals surface area contributed by atoms with Crippen LogP contribution in [0.1, 0.15) is 13.8 Å². The van der Waals surface area contributed by atoms with E-state index in [1.807, 2.05) is 20.9 Å². The first-order valence-electron chi connectivity index (χ1n) is 4.32. The second-order valence-corrected chi connectivity index (χ2v) is 5.27.